The van der Waals surface area contributed by atoms with Gasteiger partial charge in [0, 0.05) is 10.5 Å². The molecule has 5 nitrogen and oxygen atoms in total. The van der Waals surface area contributed by atoms with Crippen LogP contribution in [0, 0.1) is 35.3 Å². The summed E-state index contributed by atoms with van der Waals surface area (Å²) in [7, 11) is 0. The average molecular weight is 347 g/mol. The van der Waals surface area contributed by atoms with Gasteiger partial charge in [-0.3, -0.25) is 10.1 Å². The molecular weight excluding hydrogens is 336 g/mol. The second-order valence-electron chi connectivity index (χ2n) is 4.52. The molecule has 0 spiro atoms. The Morgan fingerprint density at radius 1 is 1.24 bits per heavy atom. The minimum atomic E-state index is -0.561. The first kappa shape index (κ1) is 15.0. The summed E-state index contributed by atoms with van der Waals surface area (Å²) in [6.45, 7) is 3.83. The fourth-order valence-electron chi connectivity index (χ4n) is 1.91. The van der Waals surface area contributed by atoms with Gasteiger partial charge in [0.25, 0.3) is 0 Å². The van der Waals surface area contributed by atoms with Crippen LogP contribution in [-0.2, 0) is 0 Å². The highest BCUT2D eigenvalue weighted by Gasteiger charge is 2.17. The maximum atomic E-state index is 11.1. The predicted molar refractivity (Wildman–Crippen MR) is 81.5 cm³/mol. The van der Waals surface area contributed by atoms with Gasteiger partial charge >= 0.3 is 5.69 Å². The number of aryl methyl sites for hydroxylation is 2. The van der Waals surface area contributed by atoms with Crippen molar-refractivity contribution in [3.63, 3.8) is 0 Å². The van der Waals surface area contributed by atoms with Gasteiger partial charge in [-0.25, -0.2) is 0 Å². The van der Waals surface area contributed by atoms with E-state index in [1.807, 2.05) is 19.9 Å². The van der Waals surface area contributed by atoms with E-state index in [2.05, 4.69) is 15.9 Å². The number of rotatable bonds is 3. The Labute approximate surface area is 130 Å². The summed E-state index contributed by atoms with van der Waals surface area (Å²) in [6, 6.07) is 9.58. The van der Waals surface area contributed by atoms with Crippen molar-refractivity contribution in [2.24, 2.45) is 0 Å². The van der Waals surface area contributed by atoms with E-state index in [-0.39, 0.29) is 17.0 Å². The predicted octanol–water partition coefficient (Wildman–Crippen LogP) is 4.64. The van der Waals surface area contributed by atoms with Gasteiger partial charge in [0.05, 0.1) is 16.6 Å². The smallest absolute Gasteiger partial charge is 0.312 e. The highest BCUT2D eigenvalue weighted by Crippen LogP contribution is 2.34. The molecule has 0 aromatic heterocycles. The number of nitro benzene ring substituents is 1. The van der Waals surface area contributed by atoms with Crippen LogP contribution in [-0.4, -0.2) is 4.92 Å². The minimum Gasteiger partial charge on any atom is -0.450 e. The summed E-state index contributed by atoms with van der Waals surface area (Å²) in [5.74, 6) is 0.626. The summed E-state index contributed by atoms with van der Waals surface area (Å²) in [5, 5.41) is 19.9. The van der Waals surface area contributed by atoms with Crippen molar-refractivity contribution in [1.82, 2.24) is 0 Å². The van der Waals surface area contributed by atoms with Crippen LogP contribution in [0.15, 0.2) is 34.8 Å². The van der Waals surface area contributed by atoms with Crippen molar-refractivity contribution in [1.29, 1.82) is 5.26 Å². The molecule has 2 aromatic carbocycles. The molecule has 0 bridgehead atoms. The maximum Gasteiger partial charge on any atom is 0.312 e. The molecule has 0 unspecified atom stereocenters. The Morgan fingerprint density at radius 3 is 2.38 bits per heavy atom. The Bertz CT molecular complexity index is 743. The molecule has 21 heavy (non-hydrogen) atoms. The second-order valence-corrected chi connectivity index (χ2v) is 5.32. The van der Waals surface area contributed by atoms with E-state index in [9.17, 15) is 10.1 Å². The Morgan fingerprint density at radius 2 is 1.86 bits per heavy atom. The molecule has 0 saturated heterocycles. The van der Waals surface area contributed by atoms with E-state index in [1.54, 1.807) is 12.1 Å². The van der Waals surface area contributed by atoms with Crippen LogP contribution in [0.25, 0.3) is 0 Å². The fraction of sp³-hybridized carbons (Fsp3) is 0.133. The SMILES string of the molecule is Cc1cc(Oc2ccc(C#N)cc2[N+](=O)[O-])cc(C)c1Br. The van der Waals surface area contributed by atoms with Crippen LogP contribution in [0.1, 0.15) is 16.7 Å². The summed E-state index contributed by atoms with van der Waals surface area (Å²) in [5.41, 5.74) is 1.94. The number of hydrogen-bond acceptors (Lipinski definition) is 4. The molecule has 0 radical (unpaired) electrons. The molecule has 6 heteroatoms. The standard InChI is InChI=1S/C15H11BrN2O3/c1-9-5-12(6-10(2)15(9)16)21-14-4-3-11(8-17)7-13(14)18(19)20/h3-7H,1-2H3. The van der Waals surface area contributed by atoms with Gasteiger partial charge in [-0.05, 0) is 49.2 Å². The van der Waals surface area contributed by atoms with Crippen molar-refractivity contribution >= 4 is 21.6 Å². The van der Waals surface area contributed by atoms with Gasteiger partial charge in [0.1, 0.15) is 5.75 Å². The molecule has 0 aliphatic rings. The van der Waals surface area contributed by atoms with Crippen LogP contribution in [0.4, 0.5) is 5.69 Å². The largest absolute Gasteiger partial charge is 0.450 e. The molecule has 2 aromatic rings. The van der Waals surface area contributed by atoms with Crippen molar-refractivity contribution in [2.45, 2.75) is 13.8 Å². The van der Waals surface area contributed by atoms with Gasteiger partial charge in [-0.15, -0.1) is 0 Å². The normalized spacial score (nSPS) is 10.0. The Kier molecular flexibility index (Phi) is 4.24. The van der Waals surface area contributed by atoms with Crippen LogP contribution in [0.3, 0.4) is 0 Å². The third-order valence-corrected chi connectivity index (χ3v) is 4.17. The average Bonchev–Trinajstić information content (AvgIpc) is 2.44. The second kappa shape index (κ2) is 5.94. The molecule has 0 heterocycles. The third-order valence-electron chi connectivity index (χ3n) is 2.92. The van der Waals surface area contributed by atoms with Crippen molar-refractivity contribution < 1.29 is 9.66 Å². The highest BCUT2D eigenvalue weighted by molar-refractivity contribution is 9.10. The molecular formula is C15H11BrN2O3. The maximum absolute atomic E-state index is 11.1. The number of hydrogen-bond donors (Lipinski definition) is 0. The Hall–Kier alpha value is -2.39. The molecule has 0 aliphatic carbocycles. The lowest BCUT2D eigenvalue weighted by molar-refractivity contribution is -0.385. The zero-order valence-corrected chi connectivity index (χ0v) is 13.0. The number of nitro groups is 1. The fourth-order valence-corrected chi connectivity index (χ4v) is 2.14. The van der Waals surface area contributed by atoms with E-state index >= 15 is 0 Å². The zero-order chi connectivity index (χ0) is 15.6. The Balaban J connectivity index is 2.45. The van der Waals surface area contributed by atoms with Gasteiger partial charge in [0.2, 0.25) is 5.75 Å². The molecule has 0 saturated carbocycles. The van der Waals surface area contributed by atoms with E-state index in [4.69, 9.17) is 10.00 Å². The summed E-state index contributed by atoms with van der Waals surface area (Å²) >= 11 is 3.46. The van der Waals surface area contributed by atoms with Gasteiger partial charge < -0.3 is 4.74 Å². The summed E-state index contributed by atoms with van der Waals surface area (Å²) in [6.07, 6.45) is 0. The molecule has 0 fully saturated rings. The van der Waals surface area contributed by atoms with Gasteiger partial charge in [-0.1, -0.05) is 15.9 Å². The highest BCUT2D eigenvalue weighted by atomic mass is 79.9. The van der Waals surface area contributed by atoms with E-state index in [0.29, 0.717) is 5.75 Å². The number of nitriles is 1. The first-order chi connectivity index (χ1) is 9.92. The van der Waals surface area contributed by atoms with Crippen molar-refractivity contribution in [3.8, 4) is 17.6 Å². The number of benzene rings is 2. The van der Waals surface area contributed by atoms with E-state index in [0.717, 1.165) is 15.6 Å². The quantitative estimate of drug-likeness (QED) is 0.599. The number of halogens is 1. The molecule has 0 atom stereocenters. The minimum absolute atomic E-state index is 0.111. The number of ether oxygens (including phenoxy) is 1. The lowest BCUT2D eigenvalue weighted by Crippen LogP contribution is -1.95. The lowest BCUT2D eigenvalue weighted by Gasteiger charge is -2.10. The summed E-state index contributed by atoms with van der Waals surface area (Å²) in [4.78, 5) is 10.5. The first-order valence-electron chi connectivity index (χ1n) is 6.05. The topological polar surface area (TPSA) is 76.2 Å². The van der Waals surface area contributed by atoms with E-state index in [1.165, 1.54) is 18.2 Å². The van der Waals surface area contributed by atoms with E-state index < -0.39 is 4.92 Å². The lowest BCUT2D eigenvalue weighted by atomic mass is 10.1. The zero-order valence-electron chi connectivity index (χ0n) is 11.4. The van der Waals surface area contributed by atoms with Crippen molar-refractivity contribution in [2.75, 3.05) is 0 Å². The molecule has 2 rings (SSSR count). The van der Waals surface area contributed by atoms with Crippen LogP contribution < -0.4 is 4.74 Å². The van der Waals surface area contributed by atoms with Crippen LogP contribution in [0.5, 0.6) is 11.5 Å². The number of nitrogens with zero attached hydrogens (tertiary/aromatic N) is 2. The van der Waals surface area contributed by atoms with Crippen LogP contribution >= 0.6 is 15.9 Å². The molecule has 0 aliphatic heterocycles. The summed E-state index contributed by atoms with van der Waals surface area (Å²) < 4.78 is 6.59. The first-order valence-corrected chi connectivity index (χ1v) is 6.85. The molecule has 0 N–H and O–H groups in total. The van der Waals surface area contributed by atoms with Gasteiger partial charge in [-0.2, -0.15) is 5.26 Å². The third kappa shape index (κ3) is 3.20. The van der Waals surface area contributed by atoms with Crippen LogP contribution in [0.2, 0.25) is 0 Å². The molecule has 0 amide bonds. The van der Waals surface area contributed by atoms with Gasteiger partial charge in [0.15, 0.2) is 0 Å². The molecule has 106 valence electrons. The van der Waals surface area contributed by atoms with Crippen molar-refractivity contribution in [3.05, 3.63) is 61.6 Å². The monoisotopic (exact) mass is 346 g/mol.